The standard InChI is InChI=1S/C16H22F2N2O2S/c1-15(22,10-23-2)8-19-14(21)20-9-16(5-6-16)12-4-3-11(17)7-13(12)18/h3-4,7,22H,5-6,8-10H2,1-2H3,(H2,19,20,21). The summed E-state index contributed by atoms with van der Waals surface area (Å²) >= 11 is 1.49. The topological polar surface area (TPSA) is 61.4 Å². The number of amides is 2. The maximum atomic E-state index is 13.9. The number of nitrogens with one attached hydrogen (secondary N) is 2. The van der Waals surface area contributed by atoms with Gasteiger partial charge in [0.15, 0.2) is 0 Å². The first kappa shape index (κ1) is 18.0. The smallest absolute Gasteiger partial charge is 0.314 e. The van der Waals surface area contributed by atoms with Crippen molar-refractivity contribution in [2.45, 2.75) is 30.8 Å². The molecule has 1 aromatic rings. The van der Waals surface area contributed by atoms with Gasteiger partial charge in [-0.25, -0.2) is 13.6 Å². The van der Waals surface area contributed by atoms with Gasteiger partial charge >= 0.3 is 6.03 Å². The highest BCUT2D eigenvalue weighted by Crippen LogP contribution is 2.48. The molecule has 23 heavy (non-hydrogen) atoms. The van der Waals surface area contributed by atoms with Crippen molar-refractivity contribution in [3.63, 3.8) is 0 Å². The molecule has 7 heteroatoms. The van der Waals surface area contributed by atoms with Crippen LogP contribution in [0.1, 0.15) is 25.3 Å². The first-order chi connectivity index (χ1) is 10.8. The Bertz CT molecular complexity index is 577. The lowest BCUT2D eigenvalue weighted by Crippen LogP contribution is -2.47. The van der Waals surface area contributed by atoms with Crippen LogP contribution >= 0.6 is 11.8 Å². The predicted octanol–water partition coefficient (Wildman–Crippen LogP) is 2.41. The summed E-state index contributed by atoms with van der Waals surface area (Å²) in [5.41, 5.74) is -0.984. The van der Waals surface area contributed by atoms with E-state index in [0.717, 1.165) is 18.9 Å². The van der Waals surface area contributed by atoms with E-state index in [1.165, 1.54) is 23.9 Å². The average Bonchev–Trinajstić information content (AvgIpc) is 3.24. The van der Waals surface area contributed by atoms with Gasteiger partial charge in [0, 0.05) is 30.3 Å². The number of carbonyl (C=O) groups excluding carboxylic acids is 1. The summed E-state index contributed by atoms with van der Waals surface area (Å²) in [6.45, 7) is 2.07. The number of halogens is 2. The molecule has 1 aliphatic carbocycles. The van der Waals surface area contributed by atoms with Crippen molar-refractivity contribution < 1.29 is 18.7 Å². The van der Waals surface area contributed by atoms with E-state index in [2.05, 4.69) is 10.6 Å². The number of rotatable bonds is 7. The van der Waals surface area contributed by atoms with Crippen LogP contribution in [0.5, 0.6) is 0 Å². The molecule has 2 amide bonds. The Labute approximate surface area is 139 Å². The Morgan fingerprint density at radius 3 is 2.65 bits per heavy atom. The lowest BCUT2D eigenvalue weighted by molar-refractivity contribution is 0.0869. The molecule has 4 nitrogen and oxygen atoms in total. The minimum atomic E-state index is -0.975. The van der Waals surface area contributed by atoms with Crippen LogP contribution in [0.4, 0.5) is 13.6 Å². The Balaban J connectivity index is 1.87. The van der Waals surface area contributed by atoms with Crippen molar-refractivity contribution in [1.29, 1.82) is 0 Å². The number of aliphatic hydroxyl groups is 1. The maximum absolute atomic E-state index is 13.9. The molecule has 1 fully saturated rings. The van der Waals surface area contributed by atoms with E-state index >= 15 is 0 Å². The van der Waals surface area contributed by atoms with E-state index in [0.29, 0.717) is 11.3 Å². The van der Waals surface area contributed by atoms with Gasteiger partial charge < -0.3 is 15.7 Å². The van der Waals surface area contributed by atoms with E-state index in [-0.39, 0.29) is 13.1 Å². The van der Waals surface area contributed by atoms with Gasteiger partial charge in [0.05, 0.1) is 5.60 Å². The molecule has 0 bridgehead atoms. The van der Waals surface area contributed by atoms with Crippen molar-refractivity contribution in [3.05, 3.63) is 35.4 Å². The predicted molar refractivity (Wildman–Crippen MR) is 87.7 cm³/mol. The van der Waals surface area contributed by atoms with E-state index in [1.54, 1.807) is 6.92 Å². The third kappa shape index (κ3) is 4.81. The van der Waals surface area contributed by atoms with E-state index < -0.39 is 28.7 Å². The maximum Gasteiger partial charge on any atom is 0.314 e. The molecule has 0 aliphatic heterocycles. The zero-order valence-corrected chi connectivity index (χ0v) is 14.1. The zero-order chi connectivity index (χ0) is 17.1. The van der Waals surface area contributed by atoms with Crippen LogP contribution in [0, 0.1) is 11.6 Å². The highest BCUT2D eigenvalue weighted by molar-refractivity contribution is 7.98. The molecular weight excluding hydrogens is 322 g/mol. The lowest BCUT2D eigenvalue weighted by Gasteiger charge is -2.23. The largest absolute Gasteiger partial charge is 0.387 e. The number of hydrogen-bond acceptors (Lipinski definition) is 3. The first-order valence-corrected chi connectivity index (χ1v) is 8.86. The number of hydrogen-bond donors (Lipinski definition) is 3. The van der Waals surface area contributed by atoms with Gasteiger partial charge in [-0.05, 0) is 37.7 Å². The van der Waals surface area contributed by atoms with Gasteiger partial charge in [-0.15, -0.1) is 0 Å². The second-order valence-electron chi connectivity index (χ2n) is 6.37. The number of benzene rings is 1. The molecule has 0 heterocycles. The molecule has 0 spiro atoms. The van der Waals surface area contributed by atoms with Crippen LogP contribution in [-0.2, 0) is 5.41 Å². The highest BCUT2D eigenvalue weighted by Gasteiger charge is 2.46. The molecule has 1 saturated carbocycles. The summed E-state index contributed by atoms with van der Waals surface area (Å²) in [7, 11) is 0. The summed E-state index contributed by atoms with van der Waals surface area (Å²) in [6, 6.07) is 3.15. The Kier molecular flexibility index (Phi) is 5.52. The lowest BCUT2D eigenvalue weighted by atomic mass is 9.95. The molecule has 2 rings (SSSR count). The summed E-state index contributed by atoms with van der Waals surface area (Å²) in [4.78, 5) is 11.8. The van der Waals surface area contributed by atoms with Crippen LogP contribution in [0.15, 0.2) is 18.2 Å². The molecule has 1 unspecified atom stereocenters. The minimum absolute atomic E-state index is 0.136. The number of carbonyl (C=O) groups is 1. The molecule has 0 saturated heterocycles. The van der Waals surface area contributed by atoms with Crippen LogP contribution in [-0.4, -0.2) is 41.8 Å². The Morgan fingerprint density at radius 2 is 2.09 bits per heavy atom. The summed E-state index contributed by atoms with van der Waals surface area (Å²) in [5.74, 6) is -0.672. The monoisotopic (exact) mass is 344 g/mol. The summed E-state index contributed by atoms with van der Waals surface area (Å²) in [6.07, 6.45) is 3.38. The molecule has 128 valence electrons. The van der Waals surface area contributed by atoms with Gasteiger partial charge in [-0.3, -0.25) is 0 Å². The third-order valence-corrected chi connectivity index (χ3v) is 4.94. The average molecular weight is 344 g/mol. The zero-order valence-electron chi connectivity index (χ0n) is 13.3. The van der Waals surface area contributed by atoms with Crippen LogP contribution < -0.4 is 10.6 Å². The van der Waals surface area contributed by atoms with Crippen molar-refractivity contribution in [1.82, 2.24) is 10.6 Å². The van der Waals surface area contributed by atoms with Gasteiger partial charge in [-0.1, -0.05) is 6.07 Å². The fraction of sp³-hybridized carbons (Fsp3) is 0.562. The fourth-order valence-corrected chi connectivity index (χ4v) is 3.28. The van der Waals surface area contributed by atoms with Gasteiger partial charge in [0.2, 0.25) is 0 Å². The summed E-state index contributed by atoms with van der Waals surface area (Å²) < 4.78 is 26.9. The highest BCUT2D eigenvalue weighted by atomic mass is 32.2. The van der Waals surface area contributed by atoms with Crippen LogP contribution in [0.2, 0.25) is 0 Å². The fourth-order valence-electron chi connectivity index (χ4n) is 2.56. The normalized spacial score (nSPS) is 18.1. The van der Waals surface area contributed by atoms with E-state index in [4.69, 9.17) is 0 Å². The SMILES string of the molecule is CSCC(C)(O)CNC(=O)NCC1(c2ccc(F)cc2F)CC1. The Morgan fingerprint density at radius 1 is 1.39 bits per heavy atom. The van der Waals surface area contributed by atoms with Gasteiger partial charge in [0.25, 0.3) is 0 Å². The quantitative estimate of drug-likeness (QED) is 0.712. The van der Waals surface area contributed by atoms with Crippen molar-refractivity contribution >= 4 is 17.8 Å². The second kappa shape index (κ2) is 7.05. The minimum Gasteiger partial charge on any atom is -0.387 e. The summed E-state index contributed by atoms with van der Waals surface area (Å²) in [5, 5.41) is 15.3. The van der Waals surface area contributed by atoms with E-state index in [9.17, 15) is 18.7 Å². The van der Waals surface area contributed by atoms with Crippen molar-refractivity contribution in [3.8, 4) is 0 Å². The number of thioether (sulfide) groups is 1. The van der Waals surface area contributed by atoms with Crippen molar-refractivity contribution in [2.24, 2.45) is 0 Å². The van der Waals surface area contributed by atoms with Gasteiger partial charge in [-0.2, -0.15) is 11.8 Å². The third-order valence-electron chi connectivity index (χ3n) is 4.03. The molecule has 1 aliphatic rings. The molecular formula is C16H22F2N2O2S. The Hall–Kier alpha value is -1.34. The van der Waals surface area contributed by atoms with Crippen molar-refractivity contribution in [2.75, 3.05) is 25.1 Å². The van der Waals surface area contributed by atoms with Crippen LogP contribution in [0.3, 0.4) is 0 Å². The molecule has 1 aromatic carbocycles. The van der Waals surface area contributed by atoms with Crippen LogP contribution in [0.25, 0.3) is 0 Å². The molecule has 3 N–H and O–H groups in total. The molecule has 0 radical (unpaired) electrons. The number of urea groups is 1. The molecule has 0 aromatic heterocycles. The van der Waals surface area contributed by atoms with Gasteiger partial charge in [0.1, 0.15) is 11.6 Å². The molecule has 1 atom stereocenters. The van der Waals surface area contributed by atoms with E-state index in [1.807, 2.05) is 6.26 Å². The first-order valence-electron chi connectivity index (χ1n) is 7.47. The second-order valence-corrected chi connectivity index (χ2v) is 7.24.